The van der Waals surface area contributed by atoms with Gasteiger partial charge >= 0.3 is 0 Å². The topological polar surface area (TPSA) is 62.8 Å². The number of imidazole rings is 1. The summed E-state index contributed by atoms with van der Waals surface area (Å²) in [6.45, 7) is 0. The molecule has 0 unspecified atom stereocenters. The number of alkyl halides is 2. The van der Waals surface area contributed by atoms with E-state index in [1.54, 1.807) is 0 Å². The van der Waals surface area contributed by atoms with Crippen LogP contribution < -0.4 is 0 Å². The Bertz CT molecular complexity index is 1130. The number of halogens is 5. The standard InChI is InChI=1S/C17H11F5N2O2S/c1-27(25,26)13-5-3-9(7-12(13)20)15-14(23-17(24-15)16(21)22)8-2-4-10(18)11(19)6-8/h2-7,16H,1H3,(H,23,24). The zero-order chi connectivity index (χ0) is 19.9. The third-order valence-electron chi connectivity index (χ3n) is 3.74. The van der Waals surface area contributed by atoms with Crippen molar-refractivity contribution in [1.82, 2.24) is 9.97 Å². The fourth-order valence-electron chi connectivity index (χ4n) is 2.51. The van der Waals surface area contributed by atoms with E-state index in [1.807, 2.05) is 0 Å². The van der Waals surface area contributed by atoms with Gasteiger partial charge in [-0.25, -0.2) is 35.4 Å². The normalized spacial score (nSPS) is 12.0. The van der Waals surface area contributed by atoms with Crippen LogP contribution in [0.4, 0.5) is 22.0 Å². The lowest BCUT2D eigenvalue weighted by atomic mass is 10.0. The number of H-pyrrole nitrogens is 1. The van der Waals surface area contributed by atoms with Crippen molar-refractivity contribution in [2.75, 3.05) is 6.26 Å². The second kappa shape index (κ2) is 6.76. The summed E-state index contributed by atoms with van der Waals surface area (Å²) in [5.74, 6) is -4.17. The minimum Gasteiger partial charge on any atom is -0.337 e. The van der Waals surface area contributed by atoms with Gasteiger partial charge in [0, 0.05) is 17.4 Å². The first-order chi connectivity index (χ1) is 12.6. The van der Waals surface area contributed by atoms with E-state index in [4.69, 9.17) is 0 Å². The maximum Gasteiger partial charge on any atom is 0.295 e. The molecule has 0 amide bonds. The predicted molar refractivity (Wildman–Crippen MR) is 87.4 cm³/mol. The van der Waals surface area contributed by atoms with Gasteiger partial charge in [-0.3, -0.25) is 0 Å². The van der Waals surface area contributed by atoms with Gasteiger partial charge in [-0.1, -0.05) is 6.07 Å². The van der Waals surface area contributed by atoms with Gasteiger partial charge in [-0.2, -0.15) is 0 Å². The number of nitrogens with one attached hydrogen (secondary N) is 1. The van der Waals surface area contributed by atoms with Crippen LogP contribution in [0.25, 0.3) is 22.5 Å². The second-order valence-electron chi connectivity index (χ2n) is 5.69. The SMILES string of the molecule is CS(=O)(=O)c1ccc(-c2nc(C(F)F)[nH]c2-c2ccc(F)c(F)c2)cc1F. The van der Waals surface area contributed by atoms with Crippen LogP contribution in [-0.4, -0.2) is 24.6 Å². The summed E-state index contributed by atoms with van der Waals surface area (Å²) in [4.78, 5) is 5.46. The first kappa shape index (κ1) is 19.0. The van der Waals surface area contributed by atoms with Crippen molar-refractivity contribution in [2.24, 2.45) is 0 Å². The Morgan fingerprint density at radius 1 is 0.926 bits per heavy atom. The van der Waals surface area contributed by atoms with Gasteiger partial charge in [0.2, 0.25) is 0 Å². The quantitative estimate of drug-likeness (QED) is 0.654. The molecule has 3 rings (SSSR count). The molecule has 0 radical (unpaired) electrons. The Hall–Kier alpha value is -2.75. The van der Waals surface area contributed by atoms with E-state index in [9.17, 15) is 30.4 Å². The minimum absolute atomic E-state index is 0.0101. The number of rotatable bonds is 4. The lowest BCUT2D eigenvalue weighted by Gasteiger charge is -2.06. The van der Waals surface area contributed by atoms with Gasteiger partial charge in [0.1, 0.15) is 10.7 Å². The predicted octanol–water partition coefficient (Wildman–Crippen LogP) is 4.50. The molecular formula is C17H11F5N2O2S. The molecule has 0 aliphatic heterocycles. The van der Waals surface area contributed by atoms with Gasteiger partial charge in [-0.15, -0.1) is 0 Å². The summed E-state index contributed by atoms with van der Waals surface area (Å²) >= 11 is 0. The molecule has 4 nitrogen and oxygen atoms in total. The van der Waals surface area contributed by atoms with Gasteiger partial charge in [0.05, 0.1) is 11.4 Å². The molecule has 27 heavy (non-hydrogen) atoms. The van der Waals surface area contributed by atoms with Gasteiger partial charge in [0.15, 0.2) is 27.3 Å². The van der Waals surface area contributed by atoms with E-state index in [2.05, 4.69) is 9.97 Å². The van der Waals surface area contributed by atoms with Crippen molar-refractivity contribution in [3.05, 3.63) is 59.7 Å². The molecular weight excluding hydrogens is 391 g/mol. The second-order valence-corrected chi connectivity index (χ2v) is 7.68. The molecule has 3 aromatic rings. The Kier molecular flexibility index (Phi) is 4.77. The maximum absolute atomic E-state index is 14.2. The van der Waals surface area contributed by atoms with Crippen molar-refractivity contribution >= 4 is 9.84 Å². The summed E-state index contributed by atoms with van der Waals surface area (Å²) in [6, 6.07) is 5.73. The van der Waals surface area contributed by atoms with Gasteiger partial charge in [-0.05, 0) is 30.3 Å². The number of hydrogen-bond acceptors (Lipinski definition) is 3. The van der Waals surface area contributed by atoms with E-state index in [-0.39, 0.29) is 22.5 Å². The van der Waals surface area contributed by atoms with Crippen LogP contribution in [0.15, 0.2) is 41.3 Å². The van der Waals surface area contributed by atoms with Crippen molar-refractivity contribution < 1.29 is 30.4 Å². The smallest absolute Gasteiger partial charge is 0.295 e. The maximum atomic E-state index is 14.2. The van der Waals surface area contributed by atoms with Crippen LogP contribution >= 0.6 is 0 Å². The average Bonchev–Trinajstić information content (AvgIpc) is 3.01. The number of aromatic amines is 1. The Labute approximate surface area is 150 Å². The lowest BCUT2D eigenvalue weighted by Crippen LogP contribution is -2.01. The number of aromatic nitrogens is 2. The highest BCUT2D eigenvalue weighted by molar-refractivity contribution is 7.90. The van der Waals surface area contributed by atoms with Crippen LogP contribution in [0.1, 0.15) is 12.2 Å². The summed E-state index contributed by atoms with van der Waals surface area (Å²) in [7, 11) is -3.83. The zero-order valence-corrected chi connectivity index (χ0v) is 14.4. The summed E-state index contributed by atoms with van der Waals surface area (Å²) in [6.07, 6.45) is -2.18. The molecule has 0 fully saturated rings. The molecule has 0 spiro atoms. The molecule has 142 valence electrons. The Morgan fingerprint density at radius 2 is 1.56 bits per heavy atom. The van der Waals surface area contributed by atoms with E-state index < -0.39 is 44.4 Å². The molecule has 0 aliphatic rings. The molecule has 10 heteroatoms. The van der Waals surface area contributed by atoms with Crippen molar-refractivity contribution in [3.63, 3.8) is 0 Å². The molecule has 0 saturated heterocycles. The summed E-state index contributed by atoms with van der Waals surface area (Å²) in [5, 5.41) is 0. The number of hydrogen-bond donors (Lipinski definition) is 1. The Balaban J connectivity index is 2.20. The van der Waals surface area contributed by atoms with Crippen LogP contribution in [0.5, 0.6) is 0 Å². The molecule has 1 aromatic heterocycles. The molecule has 1 heterocycles. The Morgan fingerprint density at radius 3 is 2.11 bits per heavy atom. The van der Waals surface area contributed by atoms with Gasteiger partial charge < -0.3 is 4.98 Å². The highest BCUT2D eigenvalue weighted by Crippen LogP contribution is 2.34. The summed E-state index contributed by atoms with van der Waals surface area (Å²) in [5.41, 5.74) is -0.246. The summed E-state index contributed by atoms with van der Waals surface area (Å²) < 4.78 is 90.0. The van der Waals surface area contributed by atoms with E-state index in [1.165, 1.54) is 6.07 Å². The molecule has 0 bridgehead atoms. The lowest BCUT2D eigenvalue weighted by molar-refractivity contribution is 0.141. The number of nitrogens with zero attached hydrogens (tertiary/aromatic N) is 1. The average molecular weight is 402 g/mol. The van der Waals surface area contributed by atoms with Crippen LogP contribution in [0.2, 0.25) is 0 Å². The van der Waals surface area contributed by atoms with Gasteiger partial charge in [0.25, 0.3) is 6.43 Å². The fraction of sp³-hybridized carbons (Fsp3) is 0.118. The molecule has 0 aliphatic carbocycles. The van der Waals surface area contributed by atoms with E-state index in [0.29, 0.717) is 0 Å². The van der Waals surface area contributed by atoms with Crippen LogP contribution in [0.3, 0.4) is 0 Å². The minimum atomic E-state index is -3.83. The van der Waals surface area contributed by atoms with E-state index in [0.717, 1.165) is 36.6 Å². The molecule has 0 saturated carbocycles. The van der Waals surface area contributed by atoms with E-state index >= 15 is 0 Å². The number of sulfone groups is 1. The van der Waals surface area contributed by atoms with Crippen LogP contribution in [0, 0.1) is 17.5 Å². The van der Waals surface area contributed by atoms with Crippen molar-refractivity contribution in [1.29, 1.82) is 0 Å². The largest absolute Gasteiger partial charge is 0.337 e. The monoisotopic (exact) mass is 402 g/mol. The fourth-order valence-corrected chi connectivity index (χ4v) is 3.24. The van der Waals surface area contributed by atoms with Crippen LogP contribution in [-0.2, 0) is 9.84 Å². The number of benzene rings is 2. The first-order valence-corrected chi connectivity index (χ1v) is 9.30. The third-order valence-corrected chi connectivity index (χ3v) is 4.87. The van der Waals surface area contributed by atoms with Crippen molar-refractivity contribution in [2.45, 2.75) is 11.3 Å². The molecule has 0 atom stereocenters. The molecule has 1 N–H and O–H groups in total. The highest BCUT2D eigenvalue weighted by Gasteiger charge is 2.22. The third kappa shape index (κ3) is 3.70. The highest BCUT2D eigenvalue weighted by atomic mass is 32.2. The van der Waals surface area contributed by atoms with Crippen molar-refractivity contribution in [3.8, 4) is 22.5 Å². The first-order valence-electron chi connectivity index (χ1n) is 7.41. The zero-order valence-electron chi connectivity index (χ0n) is 13.6. The molecule has 2 aromatic carbocycles.